The number of aromatic nitrogens is 2. The lowest BCUT2D eigenvalue weighted by Gasteiger charge is -2.09. The fourth-order valence-corrected chi connectivity index (χ4v) is 2.34. The summed E-state index contributed by atoms with van der Waals surface area (Å²) in [6.45, 7) is 0.202. The molecule has 21 heavy (non-hydrogen) atoms. The number of nitro groups is 1. The summed E-state index contributed by atoms with van der Waals surface area (Å²) in [5.74, 6) is 0.629. The molecular formula is C12H10BrClN4O3. The zero-order valence-corrected chi connectivity index (χ0v) is 13.2. The molecule has 0 fully saturated rings. The van der Waals surface area contributed by atoms with Crippen LogP contribution in [-0.4, -0.2) is 21.5 Å². The number of rotatable bonds is 4. The Kier molecular flexibility index (Phi) is 4.59. The highest BCUT2D eigenvalue weighted by molar-refractivity contribution is 9.10. The first-order valence-corrected chi connectivity index (χ1v) is 6.96. The van der Waals surface area contributed by atoms with Gasteiger partial charge in [0.15, 0.2) is 0 Å². The summed E-state index contributed by atoms with van der Waals surface area (Å²) in [5.41, 5.74) is -0.641. The Balaban J connectivity index is 2.45. The number of anilines is 1. The van der Waals surface area contributed by atoms with E-state index in [2.05, 4.69) is 26.2 Å². The molecule has 0 amide bonds. The van der Waals surface area contributed by atoms with Crippen LogP contribution in [0.25, 0.3) is 0 Å². The third-order valence-corrected chi connectivity index (χ3v) is 3.63. The highest BCUT2D eigenvalue weighted by Gasteiger charge is 2.16. The van der Waals surface area contributed by atoms with Gasteiger partial charge in [-0.05, 0) is 28.1 Å². The van der Waals surface area contributed by atoms with E-state index in [9.17, 15) is 14.9 Å². The van der Waals surface area contributed by atoms with Crippen LogP contribution in [0.15, 0.2) is 33.8 Å². The normalized spacial score (nSPS) is 10.4. The van der Waals surface area contributed by atoms with Crippen LogP contribution in [0.5, 0.6) is 0 Å². The third kappa shape index (κ3) is 3.40. The van der Waals surface area contributed by atoms with Crippen molar-refractivity contribution in [3.8, 4) is 0 Å². The summed E-state index contributed by atoms with van der Waals surface area (Å²) < 4.78 is 1.59. The van der Waals surface area contributed by atoms with E-state index in [4.69, 9.17) is 11.6 Å². The fourth-order valence-electron chi connectivity index (χ4n) is 1.71. The van der Waals surface area contributed by atoms with E-state index < -0.39 is 16.0 Å². The topological polar surface area (TPSA) is 90.1 Å². The van der Waals surface area contributed by atoms with Crippen molar-refractivity contribution in [1.29, 1.82) is 0 Å². The van der Waals surface area contributed by atoms with Crippen LogP contribution in [0, 0.1) is 10.1 Å². The van der Waals surface area contributed by atoms with Gasteiger partial charge in [0.1, 0.15) is 5.82 Å². The van der Waals surface area contributed by atoms with Gasteiger partial charge in [0.2, 0.25) is 0 Å². The van der Waals surface area contributed by atoms with Gasteiger partial charge in [-0.3, -0.25) is 14.9 Å². The molecule has 0 radical (unpaired) electrons. The molecule has 0 saturated carbocycles. The molecule has 0 unspecified atom stereocenters. The molecule has 1 N–H and O–H groups in total. The molecule has 0 aliphatic heterocycles. The molecule has 0 spiro atoms. The van der Waals surface area contributed by atoms with Gasteiger partial charge in [0.05, 0.1) is 32.9 Å². The van der Waals surface area contributed by atoms with Crippen molar-refractivity contribution in [1.82, 2.24) is 9.55 Å². The summed E-state index contributed by atoms with van der Waals surface area (Å²) in [4.78, 5) is 26.1. The van der Waals surface area contributed by atoms with E-state index in [1.54, 1.807) is 19.2 Å². The van der Waals surface area contributed by atoms with Gasteiger partial charge in [-0.15, -0.1) is 0 Å². The fraction of sp³-hybridized carbons (Fsp3) is 0.167. The molecule has 0 aromatic carbocycles. The molecule has 0 aliphatic carbocycles. The summed E-state index contributed by atoms with van der Waals surface area (Å²) in [6, 6.07) is 3.40. The Morgan fingerprint density at radius 3 is 2.81 bits per heavy atom. The molecule has 0 atom stereocenters. The van der Waals surface area contributed by atoms with Crippen molar-refractivity contribution in [3.63, 3.8) is 0 Å². The molecule has 0 aliphatic rings. The van der Waals surface area contributed by atoms with Crippen molar-refractivity contribution < 1.29 is 4.92 Å². The molecule has 0 saturated heterocycles. The van der Waals surface area contributed by atoms with Gasteiger partial charge in [0, 0.05) is 13.2 Å². The van der Waals surface area contributed by atoms with Crippen LogP contribution in [0.2, 0.25) is 5.02 Å². The molecule has 0 bridgehead atoms. The number of hydrogen-bond acceptors (Lipinski definition) is 5. The summed E-state index contributed by atoms with van der Waals surface area (Å²) in [5, 5.41) is 14.2. The van der Waals surface area contributed by atoms with Crippen molar-refractivity contribution >= 4 is 39.0 Å². The van der Waals surface area contributed by atoms with Crippen molar-refractivity contribution in [2.45, 2.75) is 6.54 Å². The highest BCUT2D eigenvalue weighted by atomic mass is 79.9. The van der Waals surface area contributed by atoms with E-state index in [0.717, 1.165) is 6.20 Å². The zero-order valence-electron chi connectivity index (χ0n) is 10.8. The van der Waals surface area contributed by atoms with Gasteiger partial charge in [-0.1, -0.05) is 11.6 Å². The maximum absolute atomic E-state index is 11.6. The minimum absolute atomic E-state index is 0.109. The molecule has 2 aromatic rings. The first-order chi connectivity index (χ1) is 9.92. The van der Waals surface area contributed by atoms with Gasteiger partial charge >= 0.3 is 5.69 Å². The predicted molar refractivity (Wildman–Crippen MR) is 83.0 cm³/mol. The van der Waals surface area contributed by atoms with E-state index >= 15 is 0 Å². The summed E-state index contributed by atoms with van der Waals surface area (Å²) >= 11 is 9.09. The second-order valence-corrected chi connectivity index (χ2v) is 5.39. The summed E-state index contributed by atoms with van der Waals surface area (Å²) in [7, 11) is 1.72. The lowest BCUT2D eigenvalue weighted by molar-refractivity contribution is -0.386. The average molecular weight is 374 g/mol. The van der Waals surface area contributed by atoms with Crippen molar-refractivity contribution in [3.05, 3.63) is 60.1 Å². The van der Waals surface area contributed by atoms with Crippen LogP contribution in [0.3, 0.4) is 0 Å². The molecule has 2 aromatic heterocycles. The van der Waals surface area contributed by atoms with Crippen molar-refractivity contribution in [2.24, 2.45) is 0 Å². The standard InChI is InChI=1S/C12H10BrClN4O3/c1-15-11-3-2-8(14)9(16-11)5-17-4-7(13)12(19)10(6-17)18(20)21/h2-4,6H,5H2,1H3,(H,15,16). The number of pyridine rings is 2. The second-order valence-electron chi connectivity index (χ2n) is 4.12. The Morgan fingerprint density at radius 2 is 2.19 bits per heavy atom. The lowest BCUT2D eigenvalue weighted by Crippen LogP contribution is -2.14. The molecular weight excluding hydrogens is 364 g/mol. The van der Waals surface area contributed by atoms with E-state index in [-0.39, 0.29) is 11.0 Å². The average Bonchev–Trinajstić information content (AvgIpc) is 2.44. The third-order valence-electron chi connectivity index (χ3n) is 2.72. The molecule has 2 heterocycles. The largest absolute Gasteiger partial charge is 0.373 e. The van der Waals surface area contributed by atoms with Gasteiger partial charge < -0.3 is 9.88 Å². The zero-order chi connectivity index (χ0) is 15.6. The smallest absolute Gasteiger partial charge is 0.333 e. The SMILES string of the molecule is CNc1ccc(Cl)c(Cn2cc(Br)c(=O)c([N+](=O)[O-])c2)n1. The van der Waals surface area contributed by atoms with Crippen LogP contribution in [-0.2, 0) is 6.54 Å². The van der Waals surface area contributed by atoms with E-state index in [1.165, 1.54) is 10.8 Å². The monoisotopic (exact) mass is 372 g/mol. The lowest BCUT2D eigenvalue weighted by atomic mass is 10.3. The predicted octanol–water partition coefficient (Wildman–Crippen LogP) is 2.66. The maximum Gasteiger partial charge on any atom is 0.333 e. The minimum Gasteiger partial charge on any atom is -0.373 e. The number of nitrogens with one attached hydrogen (secondary N) is 1. The van der Waals surface area contributed by atoms with Gasteiger partial charge in [-0.25, -0.2) is 4.98 Å². The Bertz CT molecular complexity index is 763. The molecule has 110 valence electrons. The van der Waals surface area contributed by atoms with Crippen LogP contribution in [0.1, 0.15) is 5.69 Å². The first kappa shape index (κ1) is 15.5. The Hall–Kier alpha value is -1.93. The quantitative estimate of drug-likeness (QED) is 0.657. The number of nitrogens with zero attached hydrogens (tertiary/aromatic N) is 3. The van der Waals surface area contributed by atoms with Crippen molar-refractivity contribution in [2.75, 3.05) is 12.4 Å². The van der Waals surface area contributed by atoms with Crippen LogP contribution >= 0.6 is 27.5 Å². The molecule has 9 heteroatoms. The second kappa shape index (κ2) is 6.23. The molecule has 2 rings (SSSR count). The first-order valence-electron chi connectivity index (χ1n) is 5.79. The molecule has 7 nitrogen and oxygen atoms in total. The number of hydrogen-bond donors (Lipinski definition) is 1. The van der Waals surface area contributed by atoms with E-state index in [1.807, 2.05) is 0 Å². The maximum atomic E-state index is 11.6. The Morgan fingerprint density at radius 1 is 1.48 bits per heavy atom. The van der Waals surface area contributed by atoms with Gasteiger partial charge in [-0.2, -0.15) is 0 Å². The van der Waals surface area contributed by atoms with E-state index in [0.29, 0.717) is 16.5 Å². The van der Waals surface area contributed by atoms with Gasteiger partial charge in [0.25, 0.3) is 5.43 Å². The van der Waals surface area contributed by atoms with Crippen LogP contribution < -0.4 is 10.7 Å². The summed E-state index contributed by atoms with van der Waals surface area (Å²) in [6.07, 6.45) is 2.62. The number of halogens is 2. The minimum atomic E-state index is -0.720. The Labute approximate surface area is 132 Å². The van der Waals surface area contributed by atoms with Crippen LogP contribution in [0.4, 0.5) is 11.5 Å². The highest BCUT2D eigenvalue weighted by Crippen LogP contribution is 2.19.